The van der Waals surface area contributed by atoms with E-state index in [1.54, 1.807) is 12.1 Å². The number of nitrogens with one attached hydrogen (secondary N) is 1. The number of aromatic carboxylic acids is 2. The highest BCUT2D eigenvalue weighted by atomic mass is 32.2. The molecule has 1 saturated heterocycles. The van der Waals surface area contributed by atoms with Gasteiger partial charge in [0.15, 0.2) is 9.84 Å². The number of fused-ring (bicyclic) bond motifs is 7. The molecule has 3 N–H and O–H groups in total. The highest BCUT2D eigenvalue weighted by molar-refractivity contribution is 7.91. The van der Waals surface area contributed by atoms with Gasteiger partial charge in [0.2, 0.25) is 5.91 Å². The summed E-state index contributed by atoms with van der Waals surface area (Å²) < 4.78 is 23.5. The zero-order valence-electron chi connectivity index (χ0n) is 30.1. The van der Waals surface area contributed by atoms with Crippen molar-refractivity contribution in [2.75, 3.05) is 37.7 Å². The van der Waals surface area contributed by atoms with Crippen molar-refractivity contribution >= 4 is 33.3 Å². The summed E-state index contributed by atoms with van der Waals surface area (Å²) >= 11 is 0. The van der Waals surface area contributed by atoms with Crippen LogP contribution in [0.5, 0.6) is 0 Å². The van der Waals surface area contributed by atoms with Crippen LogP contribution in [0.3, 0.4) is 0 Å². The van der Waals surface area contributed by atoms with Crippen molar-refractivity contribution in [1.82, 2.24) is 10.2 Å². The van der Waals surface area contributed by atoms with Gasteiger partial charge in [0.05, 0.1) is 28.0 Å². The van der Waals surface area contributed by atoms with Crippen LogP contribution in [0, 0.1) is 51.8 Å². The molecule has 0 radical (unpaired) electrons. The minimum atomic E-state index is -2.88. The van der Waals surface area contributed by atoms with Crippen molar-refractivity contribution in [3.63, 3.8) is 0 Å². The van der Waals surface area contributed by atoms with Gasteiger partial charge in [0.1, 0.15) is 0 Å². The molecule has 5 aliphatic carbocycles. The van der Waals surface area contributed by atoms with Gasteiger partial charge >= 0.3 is 11.9 Å². The number of carbonyl (C=O) groups excluding carboxylic acids is 1. The second kappa shape index (κ2) is 13.0. The predicted molar refractivity (Wildman–Crippen MR) is 192 cm³/mol. The van der Waals surface area contributed by atoms with E-state index in [-0.39, 0.29) is 44.8 Å². The van der Waals surface area contributed by atoms with Crippen LogP contribution in [-0.2, 0) is 14.6 Å². The SMILES string of the molecule is CC1(C)C(c2ccc(C(=O)O)c(C(=O)O)c2)=CC[C@]2(C)C3CCC4C(CC[C@@]5(C(=O)NCCCN6CCS(=O)(=O)CC6)CCCC45)C3CCC12. The first-order valence-corrected chi connectivity index (χ1v) is 21.0. The molecule has 274 valence electrons. The third kappa shape index (κ3) is 5.94. The fraction of sp³-hybridized carbons (Fsp3) is 0.725. The monoisotopic (exact) mass is 708 g/mol. The topological polar surface area (TPSA) is 141 Å². The van der Waals surface area contributed by atoms with Gasteiger partial charge in [-0.3, -0.25) is 4.79 Å². The largest absolute Gasteiger partial charge is 0.478 e. The van der Waals surface area contributed by atoms with E-state index < -0.39 is 21.8 Å². The van der Waals surface area contributed by atoms with E-state index in [9.17, 15) is 33.0 Å². The van der Waals surface area contributed by atoms with Crippen LogP contribution >= 0.6 is 0 Å². The Hall–Kier alpha value is -2.72. The van der Waals surface area contributed by atoms with Crippen LogP contribution in [0.2, 0.25) is 0 Å². The summed E-state index contributed by atoms with van der Waals surface area (Å²) in [5, 5.41) is 22.7. The number of hydrogen-bond donors (Lipinski definition) is 3. The van der Waals surface area contributed by atoms with Crippen LogP contribution in [0.1, 0.15) is 118 Å². The highest BCUT2D eigenvalue weighted by Crippen LogP contribution is 2.69. The molecule has 0 spiro atoms. The van der Waals surface area contributed by atoms with Gasteiger partial charge in [-0.25, -0.2) is 18.0 Å². The van der Waals surface area contributed by atoms with Crippen molar-refractivity contribution in [1.29, 1.82) is 0 Å². The number of carboxylic acids is 2. The Bertz CT molecular complexity index is 1670. The molecule has 0 aromatic heterocycles. The summed E-state index contributed by atoms with van der Waals surface area (Å²) in [4.78, 5) is 39.9. The minimum Gasteiger partial charge on any atom is -0.478 e. The first-order valence-electron chi connectivity index (χ1n) is 19.2. The molecule has 1 aromatic rings. The van der Waals surface area contributed by atoms with E-state index in [1.165, 1.54) is 25.3 Å². The summed E-state index contributed by atoms with van der Waals surface area (Å²) in [5.74, 6) is 1.78. The molecule has 1 aliphatic heterocycles. The van der Waals surface area contributed by atoms with Gasteiger partial charge < -0.3 is 20.4 Å². The smallest absolute Gasteiger partial charge is 0.336 e. The lowest BCUT2D eigenvalue weighted by atomic mass is 9.40. The Kier molecular flexibility index (Phi) is 9.31. The quantitative estimate of drug-likeness (QED) is 0.264. The number of allylic oxidation sites excluding steroid dienone is 2. The molecule has 8 atom stereocenters. The van der Waals surface area contributed by atoms with Crippen molar-refractivity contribution in [3.8, 4) is 0 Å². The first-order chi connectivity index (χ1) is 23.7. The number of nitrogens with zero attached hydrogens (tertiary/aromatic N) is 1. The molecule has 6 unspecified atom stereocenters. The number of carboxylic acid groups (broad SMARTS) is 2. The van der Waals surface area contributed by atoms with Crippen molar-refractivity contribution < 1.29 is 33.0 Å². The standard InChI is InChI=1S/C40H56N2O7S/c1-38(2)31(25-7-8-29(35(43)44)30(24-25)36(45)46)14-16-39(3)32-11-9-28-26(27(32)10-12-34(38)39)13-17-40(15-4-6-33(28)40)37(47)41-18-5-19-42-20-22-50(48,49)23-21-42/h7-8,14,24,26-28,32-34H,4-6,9-13,15-23H2,1-3H3,(H,41,47)(H,43,44)(H,45,46)/t26?,27?,28?,32?,33?,34?,39-,40+/m1/s1. The van der Waals surface area contributed by atoms with Crippen molar-refractivity contribution in [2.45, 2.75) is 91.4 Å². The average Bonchev–Trinajstić information content (AvgIpc) is 3.52. The van der Waals surface area contributed by atoms with Gasteiger partial charge in [-0.1, -0.05) is 39.3 Å². The number of benzene rings is 1. The second-order valence-corrected chi connectivity index (χ2v) is 19.8. The Morgan fingerprint density at radius 3 is 2.28 bits per heavy atom. The predicted octanol–water partition coefficient (Wildman–Crippen LogP) is 6.39. The molecule has 6 aliphatic rings. The van der Waals surface area contributed by atoms with Crippen LogP contribution in [0.15, 0.2) is 24.3 Å². The zero-order valence-corrected chi connectivity index (χ0v) is 30.9. The van der Waals surface area contributed by atoms with E-state index in [1.807, 2.05) is 0 Å². The second-order valence-electron chi connectivity index (χ2n) is 17.5. The van der Waals surface area contributed by atoms with E-state index in [4.69, 9.17) is 0 Å². The third-order valence-electron chi connectivity index (χ3n) is 15.1. The molecule has 9 nitrogen and oxygen atoms in total. The maximum absolute atomic E-state index is 14.0. The van der Waals surface area contributed by atoms with Crippen LogP contribution in [-0.4, -0.2) is 79.1 Å². The van der Waals surface area contributed by atoms with Gasteiger partial charge in [-0.2, -0.15) is 0 Å². The van der Waals surface area contributed by atoms with Crippen LogP contribution in [0.25, 0.3) is 5.57 Å². The number of amides is 1. The summed E-state index contributed by atoms with van der Waals surface area (Å²) in [5.41, 5.74) is 1.33. The normalized spacial score (nSPS) is 37.3. The molecule has 50 heavy (non-hydrogen) atoms. The van der Waals surface area contributed by atoms with Crippen molar-refractivity contribution in [3.05, 3.63) is 41.0 Å². The Morgan fingerprint density at radius 2 is 1.56 bits per heavy atom. The first kappa shape index (κ1) is 35.7. The summed E-state index contributed by atoms with van der Waals surface area (Å²) in [6, 6.07) is 4.80. The van der Waals surface area contributed by atoms with E-state index >= 15 is 0 Å². The Morgan fingerprint density at radius 1 is 0.860 bits per heavy atom. The number of carbonyl (C=O) groups is 3. The Balaban J connectivity index is 1.03. The van der Waals surface area contributed by atoms with Gasteiger partial charge in [0, 0.05) is 19.6 Å². The highest BCUT2D eigenvalue weighted by Gasteiger charge is 2.62. The molecule has 7 rings (SSSR count). The van der Waals surface area contributed by atoms with E-state index in [0.29, 0.717) is 55.1 Å². The lowest BCUT2D eigenvalue weighted by molar-refractivity contribution is -0.151. The van der Waals surface area contributed by atoms with Gasteiger partial charge in [0.25, 0.3) is 0 Å². The number of hydrogen-bond acceptors (Lipinski definition) is 6. The fourth-order valence-electron chi connectivity index (χ4n) is 12.8. The fourth-order valence-corrected chi connectivity index (χ4v) is 14.1. The van der Waals surface area contributed by atoms with Gasteiger partial charge in [-0.15, -0.1) is 0 Å². The summed E-state index contributed by atoms with van der Waals surface area (Å²) in [6.45, 7) is 9.80. The van der Waals surface area contributed by atoms with Crippen LogP contribution in [0.4, 0.5) is 0 Å². The molecule has 4 saturated carbocycles. The molecule has 1 heterocycles. The van der Waals surface area contributed by atoms with Gasteiger partial charge in [-0.05, 0) is 140 Å². The molecular weight excluding hydrogens is 653 g/mol. The number of sulfone groups is 1. The van der Waals surface area contributed by atoms with Crippen LogP contribution < -0.4 is 5.32 Å². The molecular formula is C40H56N2O7S. The lowest BCUT2D eigenvalue weighted by Gasteiger charge is -2.64. The zero-order chi connectivity index (χ0) is 35.6. The maximum Gasteiger partial charge on any atom is 0.336 e. The van der Waals surface area contributed by atoms with E-state index in [2.05, 4.69) is 37.1 Å². The molecule has 5 fully saturated rings. The molecule has 0 bridgehead atoms. The maximum atomic E-state index is 14.0. The lowest BCUT2D eigenvalue weighted by Crippen LogP contribution is -2.58. The summed E-state index contributed by atoms with van der Waals surface area (Å²) in [7, 11) is -2.88. The molecule has 1 aromatic carbocycles. The number of rotatable bonds is 8. The molecule has 1 amide bonds. The third-order valence-corrected chi connectivity index (χ3v) is 16.7. The summed E-state index contributed by atoms with van der Waals surface area (Å²) in [6.07, 6.45) is 14.3. The molecule has 10 heteroatoms. The van der Waals surface area contributed by atoms with Crippen molar-refractivity contribution in [2.24, 2.45) is 51.8 Å². The average molecular weight is 709 g/mol. The van der Waals surface area contributed by atoms with E-state index in [0.717, 1.165) is 69.0 Å². The minimum absolute atomic E-state index is 0.137. The Labute approximate surface area is 297 Å².